The summed E-state index contributed by atoms with van der Waals surface area (Å²) in [5, 5.41) is 9.38. The zero-order valence-corrected chi connectivity index (χ0v) is 12.2. The van der Waals surface area contributed by atoms with Crippen molar-refractivity contribution in [1.29, 1.82) is 0 Å². The van der Waals surface area contributed by atoms with Crippen molar-refractivity contribution in [3.05, 3.63) is 29.3 Å². The van der Waals surface area contributed by atoms with Crippen LogP contribution in [0.5, 0.6) is 0 Å². The molecule has 21 heavy (non-hydrogen) atoms. The molecule has 1 aliphatic rings. The maximum Gasteiger partial charge on any atom is 0.416 e. The van der Waals surface area contributed by atoms with E-state index in [1.54, 1.807) is 11.0 Å². The maximum absolute atomic E-state index is 13.3. The predicted molar refractivity (Wildman–Crippen MR) is 73.5 cm³/mol. The van der Waals surface area contributed by atoms with Crippen molar-refractivity contribution in [3.63, 3.8) is 0 Å². The van der Waals surface area contributed by atoms with Crippen LogP contribution in [0.4, 0.5) is 18.9 Å². The molecule has 1 aromatic rings. The minimum atomic E-state index is -4.48. The van der Waals surface area contributed by atoms with Gasteiger partial charge in [0.25, 0.3) is 0 Å². The topological polar surface area (TPSA) is 40.5 Å². The first-order chi connectivity index (χ1) is 9.60. The van der Waals surface area contributed by atoms with E-state index in [4.69, 9.17) is 0 Å². The number of carboxylic acid groups (broad SMARTS) is 1. The second-order valence-corrected chi connectivity index (χ2v) is 5.85. The van der Waals surface area contributed by atoms with Crippen molar-refractivity contribution < 1.29 is 23.1 Å². The number of hydrogen-bond acceptors (Lipinski definition) is 2. The summed E-state index contributed by atoms with van der Waals surface area (Å²) < 4.78 is 39.8. The number of halogens is 3. The van der Waals surface area contributed by atoms with Crippen LogP contribution in [0.25, 0.3) is 0 Å². The lowest BCUT2D eigenvalue weighted by molar-refractivity contribution is -0.149. The molecule has 0 fully saturated rings. The number of hydrogen-bond donors (Lipinski definition) is 1. The minimum Gasteiger partial charge on any atom is -0.481 e. The number of aliphatic carboxylic acids is 1. The molecule has 1 atom stereocenters. The molecule has 0 amide bonds. The fraction of sp³-hybridized carbons (Fsp3) is 0.533. The molecule has 0 aliphatic carbocycles. The number of carboxylic acids is 1. The molecule has 1 N–H and O–H groups in total. The number of rotatable bonds is 3. The zero-order chi connectivity index (χ0) is 16.0. The van der Waals surface area contributed by atoms with E-state index in [1.165, 1.54) is 19.9 Å². The van der Waals surface area contributed by atoms with Crippen LogP contribution in [-0.4, -0.2) is 24.2 Å². The monoisotopic (exact) mass is 301 g/mol. The van der Waals surface area contributed by atoms with Crippen molar-refractivity contribution in [1.82, 2.24) is 0 Å². The Kier molecular flexibility index (Phi) is 3.68. The Hall–Kier alpha value is -1.72. The first-order valence-corrected chi connectivity index (χ1v) is 6.79. The molecule has 0 radical (unpaired) electrons. The lowest BCUT2D eigenvalue weighted by Gasteiger charge is -2.29. The van der Waals surface area contributed by atoms with E-state index in [2.05, 4.69) is 0 Å². The second-order valence-electron chi connectivity index (χ2n) is 5.85. The largest absolute Gasteiger partial charge is 0.481 e. The third-order valence-corrected chi connectivity index (χ3v) is 4.28. The van der Waals surface area contributed by atoms with Crippen molar-refractivity contribution in [2.75, 3.05) is 18.0 Å². The molecule has 0 aromatic heterocycles. The second kappa shape index (κ2) is 4.93. The number of anilines is 1. The average molecular weight is 301 g/mol. The molecule has 116 valence electrons. The highest BCUT2D eigenvalue weighted by Gasteiger charge is 2.48. The van der Waals surface area contributed by atoms with Gasteiger partial charge in [0, 0.05) is 24.7 Å². The molecule has 3 nitrogen and oxygen atoms in total. The van der Waals surface area contributed by atoms with Crippen LogP contribution < -0.4 is 4.90 Å². The molecule has 0 spiro atoms. The molecule has 1 aromatic carbocycles. The SMILES string of the molecule is CCN1CC(C(C)(C)C(=O)O)c2c1cccc2C(F)(F)F. The third-order valence-electron chi connectivity index (χ3n) is 4.28. The van der Waals surface area contributed by atoms with Crippen molar-refractivity contribution in [2.24, 2.45) is 5.41 Å². The quantitative estimate of drug-likeness (QED) is 0.924. The molecule has 0 bridgehead atoms. The van der Waals surface area contributed by atoms with Gasteiger partial charge in [-0.25, -0.2) is 0 Å². The number of benzene rings is 1. The standard InChI is InChI=1S/C15H18F3NO2/c1-4-19-8-10(14(2,3)13(20)21)12-9(15(16,17)18)6-5-7-11(12)19/h5-7,10H,4,8H2,1-3H3,(H,20,21). The van der Waals surface area contributed by atoms with Crippen molar-refractivity contribution >= 4 is 11.7 Å². The van der Waals surface area contributed by atoms with Gasteiger partial charge in [0.05, 0.1) is 11.0 Å². The van der Waals surface area contributed by atoms with E-state index in [0.29, 0.717) is 12.2 Å². The Balaban J connectivity index is 2.66. The van der Waals surface area contributed by atoms with Gasteiger partial charge in [-0.1, -0.05) is 6.07 Å². The van der Waals surface area contributed by atoms with Crippen LogP contribution >= 0.6 is 0 Å². The van der Waals surface area contributed by atoms with E-state index >= 15 is 0 Å². The summed E-state index contributed by atoms with van der Waals surface area (Å²) >= 11 is 0. The molecular weight excluding hydrogens is 283 g/mol. The molecule has 0 saturated heterocycles. The summed E-state index contributed by atoms with van der Waals surface area (Å²) in [6.07, 6.45) is -4.48. The number of likely N-dealkylation sites (N-methyl/N-ethyl adjacent to an activating group) is 1. The van der Waals surface area contributed by atoms with Gasteiger partial charge < -0.3 is 10.0 Å². The van der Waals surface area contributed by atoms with Gasteiger partial charge in [0.15, 0.2) is 0 Å². The Morgan fingerprint density at radius 2 is 2.00 bits per heavy atom. The van der Waals surface area contributed by atoms with Crippen LogP contribution in [0.1, 0.15) is 37.8 Å². The van der Waals surface area contributed by atoms with Crippen molar-refractivity contribution in [2.45, 2.75) is 32.9 Å². The van der Waals surface area contributed by atoms with Crippen LogP contribution in [0.15, 0.2) is 18.2 Å². The summed E-state index contributed by atoms with van der Waals surface area (Å²) in [5.41, 5.74) is -1.39. The summed E-state index contributed by atoms with van der Waals surface area (Å²) in [7, 11) is 0. The first kappa shape index (κ1) is 15.7. The zero-order valence-electron chi connectivity index (χ0n) is 12.2. The van der Waals surface area contributed by atoms with E-state index in [-0.39, 0.29) is 12.1 Å². The molecule has 0 saturated carbocycles. The summed E-state index contributed by atoms with van der Waals surface area (Å²) in [6.45, 7) is 5.64. The number of nitrogens with zero attached hydrogens (tertiary/aromatic N) is 1. The van der Waals surface area contributed by atoms with E-state index in [9.17, 15) is 23.1 Å². The predicted octanol–water partition coefficient (Wildman–Crippen LogP) is 3.74. The third kappa shape index (κ3) is 2.47. The first-order valence-electron chi connectivity index (χ1n) is 6.79. The maximum atomic E-state index is 13.3. The smallest absolute Gasteiger partial charge is 0.416 e. The molecule has 2 rings (SSSR count). The number of fused-ring (bicyclic) bond motifs is 1. The van der Waals surface area contributed by atoms with Crippen molar-refractivity contribution in [3.8, 4) is 0 Å². The highest BCUT2D eigenvalue weighted by Crippen LogP contribution is 2.50. The van der Waals surface area contributed by atoms with Gasteiger partial charge in [-0.2, -0.15) is 13.2 Å². The normalized spacial score (nSPS) is 18.8. The van der Waals surface area contributed by atoms with E-state index in [0.717, 1.165) is 6.07 Å². The summed E-state index contributed by atoms with van der Waals surface area (Å²) in [4.78, 5) is 13.3. The lowest BCUT2D eigenvalue weighted by Crippen LogP contribution is -2.35. The highest BCUT2D eigenvalue weighted by molar-refractivity contribution is 5.78. The van der Waals surface area contributed by atoms with Crippen LogP contribution in [0.3, 0.4) is 0 Å². The number of carbonyl (C=O) groups is 1. The van der Waals surface area contributed by atoms with Crippen LogP contribution in [-0.2, 0) is 11.0 Å². The van der Waals surface area contributed by atoms with Gasteiger partial charge in [0.2, 0.25) is 0 Å². The Bertz CT molecular complexity index is 567. The van der Waals surface area contributed by atoms with Gasteiger partial charge >= 0.3 is 12.1 Å². The Labute approximate surface area is 121 Å². The molecule has 1 heterocycles. The minimum absolute atomic E-state index is 0.110. The fourth-order valence-electron chi connectivity index (χ4n) is 2.89. The number of alkyl halides is 3. The van der Waals surface area contributed by atoms with Gasteiger partial charge in [-0.15, -0.1) is 0 Å². The van der Waals surface area contributed by atoms with Gasteiger partial charge in [0.1, 0.15) is 0 Å². The molecular formula is C15H18F3NO2. The van der Waals surface area contributed by atoms with E-state index in [1.807, 2.05) is 6.92 Å². The molecule has 1 unspecified atom stereocenters. The van der Waals surface area contributed by atoms with E-state index < -0.39 is 29.0 Å². The molecule has 1 aliphatic heterocycles. The Morgan fingerprint density at radius 1 is 1.38 bits per heavy atom. The van der Waals surface area contributed by atoms with Gasteiger partial charge in [-0.3, -0.25) is 4.79 Å². The Morgan fingerprint density at radius 3 is 2.48 bits per heavy atom. The lowest BCUT2D eigenvalue weighted by atomic mass is 9.74. The van der Waals surface area contributed by atoms with Crippen LogP contribution in [0, 0.1) is 5.41 Å². The summed E-state index contributed by atoms with van der Waals surface area (Å²) in [6, 6.07) is 4.04. The fourth-order valence-corrected chi connectivity index (χ4v) is 2.89. The summed E-state index contributed by atoms with van der Waals surface area (Å²) in [5.74, 6) is -1.78. The van der Waals surface area contributed by atoms with Gasteiger partial charge in [-0.05, 0) is 38.5 Å². The highest BCUT2D eigenvalue weighted by atomic mass is 19.4. The van der Waals surface area contributed by atoms with Crippen LogP contribution in [0.2, 0.25) is 0 Å². The average Bonchev–Trinajstić information content (AvgIpc) is 2.76. The molecule has 6 heteroatoms.